The van der Waals surface area contributed by atoms with Crippen LogP contribution in [0.3, 0.4) is 0 Å². The molecule has 1 saturated carbocycles. The van der Waals surface area contributed by atoms with Gasteiger partial charge in [0.05, 0.1) is 17.3 Å². The van der Waals surface area contributed by atoms with Gasteiger partial charge in [-0.05, 0) is 17.8 Å². The summed E-state index contributed by atoms with van der Waals surface area (Å²) in [6.07, 6.45) is 7.21. The van der Waals surface area contributed by atoms with Gasteiger partial charge in [-0.15, -0.1) is 0 Å². The minimum Gasteiger partial charge on any atom is -0.358 e. The van der Waals surface area contributed by atoms with Gasteiger partial charge in [-0.1, -0.05) is 30.9 Å². The highest BCUT2D eigenvalue weighted by molar-refractivity contribution is 6.32. The first-order valence-corrected chi connectivity index (χ1v) is 5.45. The van der Waals surface area contributed by atoms with Crippen LogP contribution in [0.1, 0.15) is 38.1 Å². The summed E-state index contributed by atoms with van der Waals surface area (Å²) in [5.74, 6) is -0.234. The Balaban J connectivity index is 2.21. The van der Waals surface area contributed by atoms with Gasteiger partial charge in [-0.25, -0.2) is 0 Å². The van der Waals surface area contributed by atoms with E-state index in [2.05, 4.69) is 5.10 Å². The Labute approximate surface area is 92.2 Å². The maximum atomic E-state index is 10.6. The van der Waals surface area contributed by atoms with Crippen LogP contribution in [-0.4, -0.2) is 14.7 Å². The number of hydrogen-bond acceptors (Lipinski definition) is 3. The summed E-state index contributed by atoms with van der Waals surface area (Å²) >= 11 is 5.73. The average Bonchev–Trinajstić information content (AvgIpc) is 2.62. The third kappa shape index (κ3) is 2.12. The average molecular weight is 230 g/mol. The molecule has 1 aliphatic rings. The highest BCUT2D eigenvalue weighted by atomic mass is 35.5. The molecule has 1 heterocycles. The monoisotopic (exact) mass is 229 g/mol. The lowest BCUT2D eigenvalue weighted by molar-refractivity contribution is -0.389. The Morgan fingerprint density at radius 1 is 1.47 bits per heavy atom. The van der Waals surface area contributed by atoms with E-state index in [0.29, 0.717) is 0 Å². The van der Waals surface area contributed by atoms with E-state index < -0.39 is 4.92 Å². The van der Waals surface area contributed by atoms with E-state index in [1.165, 1.54) is 6.42 Å². The summed E-state index contributed by atoms with van der Waals surface area (Å²) in [6.45, 7) is 0. The summed E-state index contributed by atoms with van der Waals surface area (Å²) in [4.78, 5) is 10.0. The first-order valence-electron chi connectivity index (χ1n) is 5.07. The van der Waals surface area contributed by atoms with E-state index in [4.69, 9.17) is 11.6 Å². The molecule has 2 rings (SSSR count). The zero-order valence-corrected chi connectivity index (χ0v) is 8.98. The molecule has 0 atom stereocenters. The summed E-state index contributed by atoms with van der Waals surface area (Å²) in [6, 6.07) is 0.282. The third-order valence-electron chi connectivity index (χ3n) is 2.79. The molecule has 0 spiro atoms. The Bertz CT molecular complexity index is 371. The molecular formula is C9H12ClN3O2. The lowest BCUT2D eigenvalue weighted by atomic mass is 9.96. The second kappa shape index (κ2) is 4.18. The van der Waals surface area contributed by atoms with E-state index in [1.54, 1.807) is 10.9 Å². The number of halogens is 1. The molecule has 0 aromatic carbocycles. The largest absolute Gasteiger partial charge is 0.408 e. The fraction of sp³-hybridized carbons (Fsp3) is 0.667. The predicted octanol–water partition coefficient (Wildman–Crippen LogP) is 2.95. The second-order valence-corrected chi connectivity index (χ2v) is 4.24. The van der Waals surface area contributed by atoms with Gasteiger partial charge < -0.3 is 10.1 Å². The molecule has 82 valence electrons. The van der Waals surface area contributed by atoms with E-state index in [0.717, 1.165) is 25.7 Å². The molecule has 6 heteroatoms. The SMILES string of the molecule is O=[N+]([O-])c1nn(C2CCCCC2)cc1Cl. The Morgan fingerprint density at radius 2 is 2.13 bits per heavy atom. The van der Waals surface area contributed by atoms with Crippen LogP contribution in [-0.2, 0) is 0 Å². The zero-order valence-electron chi connectivity index (χ0n) is 8.23. The second-order valence-electron chi connectivity index (χ2n) is 3.83. The van der Waals surface area contributed by atoms with Crippen molar-refractivity contribution >= 4 is 17.4 Å². The van der Waals surface area contributed by atoms with Crippen molar-refractivity contribution in [3.8, 4) is 0 Å². The summed E-state index contributed by atoms with van der Waals surface area (Å²) in [5, 5.41) is 14.6. The van der Waals surface area contributed by atoms with E-state index in [1.807, 2.05) is 0 Å². The van der Waals surface area contributed by atoms with Crippen LogP contribution in [0.5, 0.6) is 0 Å². The van der Waals surface area contributed by atoms with Gasteiger partial charge in [0.25, 0.3) is 0 Å². The predicted molar refractivity (Wildman–Crippen MR) is 56.0 cm³/mol. The van der Waals surface area contributed by atoms with Crippen LogP contribution >= 0.6 is 11.6 Å². The maximum absolute atomic E-state index is 10.6. The van der Waals surface area contributed by atoms with Crippen molar-refractivity contribution in [3.05, 3.63) is 21.3 Å². The number of aromatic nitrogens is 2. The fourth-order valence-electron chi connectivity index (χ4n) is 2.02. The summed E-state index contributed by atoms with van der Waals surface area (Å²) in [7, 11) is 0. The highest BCUT2D eigenvalue weighted by Crippen LogP contribution is 2.31. The van der Waals surface area contributed by atoms with Gasteiger partial charge in [-0.3, -0.25) is 0 Å². The summed E-state index contributed by atoms with van der Waals surface area (Å²) in [5.41, 5.74) is 0. The first-order chi connectivity index (χ1) is 7.18. The molecule has 5 nitrogen and oxygen atoms in total. The van der Waals surface area contributed by atoms with Gasteiger partial charge in [-0.2, -0.15) is 4.68 Å². The van der Waals surface area contributed by atoms with Crippen molar-refractivity contribution in [3.63, 3.8) is 0 Å². The number of rotatable bonds is 2. The van der Waals surface area contributed by atoms with Gasteiger partial charge in [0.2, 0.25) is 0 Å². The Kier molecular flexibility index (Phi) is 2.90. The number of nitro groups is 1. The van der Waals surface area contributed by atoms with Crippen molar-refractivity contribution in [2.45, 2.75) is 38.1 Å². The van der Waals surface area contributed by atoms with Crippen molar-refractivity contribution in [2.24, 2.45) is 0 Å². The maximum Gasteiger partial charge on any atom is 0.408 e. The van der Waals surface area contributed by atoms with Gasteiger partial charge >= 0.3 is 5.82 Å². The first kappa shape index (κ1) is 10.4. The van der Waals surface area contributed by atoms with Crippen LogP contribution in [0.2, 0.25) is 5.02 Å². The molecule has 0 unspecified atom stereocenters. The molecule has 15 heavy (non-hydrogen) atoms. The fourth-order valence-corrected chi connectivity index (χ4v) is 2.22. The molecule has 0 N–H and O–H groups in total. The quantitative estimate of drug-likeness (QED) is 0.579. The lowest BCUT2D eigenvalue weighted by Crippen LogP contribution is -2.13. The molecule has 1 aromatic heterocycles. The van der Waals surface area contributed by atoms with Crippen molar-refractivity contribution < 1.29 is 4.92 Å². The molecule has 0 saturated heterocycles. The molecular weight excluding hydrogens is 218 g/mol. The number of nitrogens with zero attached hydrogens (tertiary/aromatic N) is 3. The molecule has 0 radical (unpaired) electrons. The molecule has 1 fully saturated rings. The topological polar surface area (TPSA) is 61.0 Å². The molecule has 0 amide bonds. The van der Waals surface area contributed by atoms with Gasteiger partial charge in [0.15, 0.2) is 5.02 Å². The van der Waals surface area contributed by atoms with Crippen LogP contribution in [0.4, 0.5) is 5.82 Å². The lowest BCUT2D eigenvalue weighted by Gasteiger charge is -2.18. The highest BCUT2D eigenvalue weighted by Gasteiger charge is 2.24. The van der Waals surface area contributed by atoms with Gasteiger partial charge in [0.1, 0.15) is 0 Å². The van der Waals surface area contributed by atoms with Crippen molar-refractivity contribution in [2.75, 3.05) is 0 Å². The van der Waals surface area contributed by atoms with Gasteiger partial charge in [0, 0.05) is 0 Å². The molecule has 0 bridgehead atoms. The Morgan fingerprint density at radius 3 is 2.67 bits per heavy atom. The van der Waals surface area contributed by atoms with Crippen molar-refractivity contribution in [1.82, 2.24) is 9.78 Å². The number of hydrogen-bond donors (Lipinski definition) is 0. The Hall–Kier alpha value is -1.10. The minimum atomic E-state index is -0.540. The molecule has 1 aromatic rings. The van der Waals surface area contributed by atoms with E-state index >= 15 is 0 Å². The smallest absolute Gasteiger partial charge is 0.358 e. The van der Waals surface area contributed by atoms with E-state index in [-0.39, 0.29) is 16.9 Å². The minimum absolute atomic E-state index is 0.130. The van der Waals surface area contributed by atoms with Crippen LogP contribution in [0, 0.1) is 10.1 Å². The third-order valence-corrected chi connectivity index (χ3v) is 3.06. The van der Waals surface area contributed by atoms with Crippen molar-refractivity contribution in [1.29, 1.82) is 0 Å². The summed E-state index contributed by atoms with van der Waals surface area (Å²) < 4.78 is 1.65. The molecule has 0 aliphatic heterocycles. The normalized spacial score (nSPS) is 17.9. The van der Waals surface area contributed by atoms with E-state index in [9.17, 15) is 10.1 Å². The van der Waals surface area contributed by atoms with Crippen LogP contribution in [0.15, 0.2) is 6.20 Å². The zero-order chi connectivity index (χ0) is 10.8. The molecule has 1 aliphatic carbocycles. The van der Waals surface area contributed by atoms with Crippen LogP contribution in [0.25, 0.3) is 0 Å². The van der Waals surface area contributed by atoms with Crippen LogP contribution < -0.4 is 0 Å². The standard InChI is InChI=1S/C9H12ClN3O2/c10-8-6-12(11-9(8)13(14)15)7-4-2-1-3-5-7/h6-7H,1-5H2.